The second kappa shape index (κ2) is 6.06. The number of rotatable bonds is 5. The van der Waals surface area contributed by atoms with Crippen molar-refractivity contribution in [2.24, 2.45) is 0 Å². The molecule has 0 aliphatic heterocycles. The number of furan rings is 1. The highest BCUT2D eigenvalue weighted by atomic mass is 16.3. The van der Waals surface area contributed by atoms with Gasteiger partial charge in [-0.15, -0.1) is 0 Å². The van der Waals surface area contributed by atoms with E-state index in [-0.39, 0.29) is 0 Å². The summed E-state index contributed by atoms with van der Waals surface area (Å²) in [6.07, 6.45) is 2.85. The van der Waals surface area contributed by atoms with Crippen LogP contribution in [0.2, 0.25) is 0 Å². The molecule has 1 aromatic carbocycles. The molecule has 0 fully saturated rings. The normalized spacial score (nSPS) is 11.1. The highest BCUT2D eigenvalue weighted by molar-refractivity contribution is 5.91. The van der Waals surface area contributed by atoms with Crippen LogP contribution < -0.4 is 5.32 Å². The van der Waals surface area contributed by atoms with Gasteiger partial charge in [0.05, 0.1) is 11.3 Å². The van der Waals surface area contributed by atoms with Gasteiger partial charge in [-0.2, -0.15) is 0 Å². The van der Waals surface area contributed by atoms with Crippen molar-refractivity contribution in [3.63, 3.8) is 0 Å². The molecule has 0 amide bonds. The third-order valence-corrected chi connectivity index (χ3v) is 3.36. The first-order valence-corrected chi connectivity index (χ1v) is 7.30. The highest BCUT2D eigenvalue weighted by Crippen LogP contribution is 2.28. The summed E-state index contributed by atoms with van der Waals surface area (Å²) in [4.78, 5) is 9.22. The topological polar surface area (TPSA) is 51.0 Å². The molecule has 21 heavy (non-hydrogen) atoms. The summed E-state index contributed by atoms with van der Waals surface area (Å²) >= 11 is 0. The Bertz CT molecular complexity index is 749. The molecule has 0 spiro atoms. The predicted octanol–water partition coefficient (Wildman–Crippen LogP) is 3.70. The zero-order valence-electron chi connectivity index (χ0n) is 12.4. The summed E-state index contributed by atoms with van der Waals surface area (Å²) in [5, 5.41) is 4.43. The Morgan fingerprint density at radius 3 is 2.90 bits per heavy atom. The molecule has 3 aromatic rings. The van der Waals surface area contributed by atoms with Gasteiger partial charge in [-0.1, -0.05) is 25.1 Å². The average molecular weight is 281 g/mol. The van der Waals surface area contributed by atoms with E-state index in [0.717, 1.165) is 53.3 Å². The van der Waals surface area contributed by atoms with Gasteiger partial charge in [0.2, 0.25) is 0 Å². The second-order valence-corrected chi connectivity index (χ2v) is 5.15. The van der Waals surface area contributed by atoms with Crippen molar-refractivity contribution < 1.29 is 4.42 Å². The molecule has 2 aromatic heterocycles. The van der Waals surface area contributed by atoms with Crippen LogP contribution in [-0.2, 0) is 6.54 Å². The van der Waals surface area contributed by atoms with E-state index in [4.69, 9.17) is 4.42 Å². The van der Waals surface area contributed by atoms with Crippen LogP contribution >= 0.6 is 0 Å². The number of hydrogen-bond acceptors (Lipinski definition) is 4. The average Bonchev–Trinajstić information content (AvgIpc) is 2.91. The van der Waals surface area contributed by atoms with Crippen molar-refractivity contribution in [1.82, 2.24) is 15.3 Å². The number of fused-ring (bicyclic) bond motifs is 1. The highest BCUT2D eigenvalue weighted by Gasteiger charge is 2.11. The van der Waals surface area contributed by atoms with Crippen molar-refractivity contribution in [3.05, 3.63) is 48.0 Å². The Hall–Kier alpha value is -2.20. The van der Waals surface area contributed by atoms with Crippen molar-refractivity contribution in [1.29, 1.82) is 0 Å². The van der Waals surface area contributed by atoms with Gasteiger partial charge in [-0.3, -0.25) is 0 Å². The van der Waals surface area contributed by atoms with Gasteiger partial charge in [0.25, 0.3) is 0 Å². The van der Waals surface area contributed by atoms with Crippen molar-refractivity contribution >= 4 is 11.0 Å². The standard InChI is InChI=1S/C17H19N3O/c1-3-8-18-10-13-9-12(2)19-17(20-13)15-11-21-16-7-5-4-6-14(15)16/h4-7,9,11,18H,3,8,10H2,1-2H3. The van der Waals surface area contributed by atoms with Crippen LogP contribution in [0.5, 0.6) is 0 Å². The van der Waals surface area contributed by atoms with Crippen LogP contribution in [0.25, 0.3) is 22.4 Å². The molecule has 1 N–H and O–H groups in total. The number of hydrogen-bond donors (Lipinski definition) is 1. The van der Waals surface area contributed by atoms with Crippen LogP contribution in [-0.4, -0.2) is 16.5 Å². The molecule has 0 bridgehead atoms. The minimum atomic E-state index is 0.730. The second-order valence-electron chi connectivity index (χ2n) is 5.15. The summed E-state index contributed by atoms with van der Waals surface area (Å²) in [7, 11) is 0. The molecular weight excluding hydrogens is 262 g/mol. The van der Waals surface area contributed by atoms with E-state index in [2.05, 4.69) is 22.2 Å². The lowest BCUT2D eigenvalue weighted by Crippen LogP contribution is -2.15. The van der Waals surface area contributed by atoms with Gasteiger partial charge in [0, 0.05) is 17.6 Å². The fraction of sp³-hybridized carbons (Fsp3) is 0.294. The maximum absolute atomic E-state index is 5.59. The smallest absolute Gasteiger partial charge is 0.163 e. The van der Waals surface area contributed by atoms with Gasteiger partial charge < -0.3 is 9.73 Å². The summed E-state index contributed by atoms with van der Waals surface area (Å²) < 4.78 is 5.59. The summed E-state index contributed by atoms with van der Waals surface area (Å²) in [6.45, 7) is 5.91. The maximum Gasteiger partial charge on any atom is 0.163 e. The quantitative estimate of drug-likeness (QED) is 0.724. The molecule has 0 saturated heterocycles. The van der Waals surface area contributed by atoms with Crippen molar-refractivity contribution in [2.45, 2.75) is 26.8 Å². The molecule has 3 rings (SSSR count). The fourth-order valence-corrected chi connectivity index (χ4v) is 2.39. The lowest BCUT2D eigenvalue weighted by Gasteiger charge is -2.06. The Kier molecular flexibility index (Phi) is 3.97. The van der Waals surface area contributed by atoms with Crippen LogP contribution in [0.4, 0.5) is 0 Å². The molecule has 0 aliphatic carbocycles. The zero-order chi connectivity index (χ0) is 14.7. The summed E-state index contributed by atoms with van der Waals surface area (Å²) in [5.74, 6) is 0.730. The summed E-state index contributed by atoms with van der Waals surface area (Å²) in [5.41, 5.74) is 3.80. The predicted molar refractivity (Wildman–Crippen MR) is 84.0 cm³/mol. The first-order chi connectivity index (χ1) is 10.3. The Morgan fingerprint density at radius 2 is 2.05 bits per heavy atom. The zero-order valence-corrected chi connectivity index (χ0v) is 12.4. The van der Waals surface area contributed by atoms with E-state index in [1.54, 1.807) is 6.26 Å². The van der Waals surface area contributed by atoms with Gasteiger partial charge in [0.15, 0.2) is 5.82 Å². The van der Waals surface area contributed by atoms with E-state index < -0.39 is 0 Å². The van der Waals surface area contributed by atoms with E-state index in [9.17, 15) is 0 Å². The Labute approximate surface area is 124 Å². The van der Waals surface area contributed by atoms with E-state index in [1.165, 1.54) is 0 Å². The molecule has 4 heteroatoms. The van der Waals surface area contributed by atoms with E-state index in [0.29, 0.717) is 0 Å². The van der Waals surface area contributed by atoms with E-state index >= 15 is 0 Å². The molecule has 0 radical (unpaired) electrons. The SMILES string of the molecule is CCCNCc1cc(C)nc(-c2coc3ccccc23)n1. The molecular formula is C17H19N3O. The maximum atomic E-state index is 5.59. The number of benzene rings is 1. The lowest BCUT2D eigenvalue weighted by atomic mass is 10.1. The molecule has 0 atom stereocenters. The molecule has 0 aliphatic rings. The number of nitrogens with one attached hydrogen (secondary N) is 1. The molecule has 108 valence electrons. The minimum absolute atomic E-state index is 0.730. The third-order valence-electron chi connectivity index (χ3n) is 3.36. The summed E-state index contributed by atoms with van der Waals surface area (Å²) in [6, 6.07) is 9.98. The molecule has 2 heterocycles. The van der Waals surface area contributed by atoms with Crippen molar-refractivity contribution in [3.8, 4) is 11.4 Å². The van der Waals surface area contributed by atoms with Crippen LogP contribution in [0, 0.1) is 6.92 Å². The first-order valence-electron chi connectivity index (χ1n) is 7.30. The number of para-hydroxylation sites is 1. The van der Waals surface area contributed by atoms with Gasteiger partial charge in [-0.25, -0.2) is 9.97 Å². The third kappa shape index (κ3) is 2.95. The van der Waals surface area contributed by atoms with Crippen LogP contribution in [0.15, 0.2) is 41.0 Å². The Morgan fingerprint density at radius 1 is 1.19 bits per heavy atom. The van der Waals surface area contributed by atoms with Gasteiger partial charge in [0.1, 0.15) is 11.8 Å². The monoisotopic (exact) mass is 281 g/mol. The molecule has 0 saturated carbocycles. The van der Waals surface area contributed by atoms with Crippen LogP contribution in [0.3, 0.4) is 0 Å². The number of nitrogens with zero attached hydrogens (tertiary/aromatic N) is 2. The number of aryl methyl sites for hydroxylation is 1. The minimum Gasteiger partial charge on any atom is -0.464 e. The van der Waals surface area contributed by atoms with Crippen molar-refractivity contribution in [2.75, 3.05) is 6.54 Å². The molecule has 0 unspecified atom stereocenters. The largest absolute Gasteiger partial charge is 0.464 e. The number of aromatic nitrogens is 2. The van der Waals surface area contributed by atoms with E-state index in [1.807, 2.05) is 37.3 Å². The van der Waals surface area contributed by atoms with Crippen LogP contribution in [0.1, 0.15) is 24.7 Å². The van der Waals surface area contributed by atoms with Gasteiger partial charge >= 0.3 is 0 Å². The first kappa shape index (κ1) is 13.8. The Balaban J connectivity index is 1.98. The fourth-order valence-electron chi connectivity index (χ4n) is 2.39. The van der Waals surface area contributed by atoms with Gasteiger partial charge in [-0.05, 0) is 32.0 Å². The molecule has 4 nitrogen and oxygen atoms in total. The lowest BCUT2D eigenvalue weighted by molar-refractivity contribution is 0.616.